The van der Waals surface area contributed by atoms with Gasteiger partial charge in [-0.25, -0.2) is 0 Å². The van der Waals surface area contributed by atoms with Crippen molar-refractivity contribution in [2.75, 3.05) is 26.2 Å². The zero-order chi connectivity index (χ0) is 8.10. The first-order valence-electron chi connectivity index (χ1n) is 4.33. The third-order valence-electron chi connectivity index (χ3n) is 1.98. The van der Waals surface area contributed by atoms with Gasteiger partial charge in [-0.1, -0.05) is 6.92 Å². The van der Waals surface area contributed by atoms with Gasteiger partial charge in [0.2, 0.25) is 5.91 Å². The minimum absolute atomic E-state index is 0.254. The molecule has 1 aliphatic heterocycles. The highest BCUT2D eigenvalue weighted by Gasteiger charge is 2.16. The highest BCUT2D eigenvalue weighted by atomic mass is 16.2. The summed E-state index contributed by atoms with van der Waals surface area (Å²) in [6, 6.07) is 0. The number of hydrogen-bond acceptors (Lipinski definition) is 2. The second-order valence-electron chi connectivity index (χ2n) is 2.87. The molecule has 0 aromatic carbocycles. The third kappa shape index (κ3) is 2.50. The highest BCUT2D eigenvalue weighted by molar-refractivity contribution is 5.78. The van der Waals surface area contributed by atoms with E-state index < -0.39 is 0 Å². The Morgan fingerprint density at radius 1 is 1.45 bits per heavy atom. The van der Waals surface area contributed by atoms with Gasteiger partial charge >= 0.3 is 0 Å². The minimum Gasteiger partial charge on any atom is -0.342 e. The lowest BCUT2D eigenvalue weighted by Gasteiger charge is -2.14. The Morgan fingerprint density at radius 2 is 2.09 bits per heavy atom. The lowest BCUT2D eigenvalue weighted by Crippen LogP contribution is -2.36. The van der Waals surface area contributed by atoms with Crippen LogP contribution in [0.4, 0.5) is 0 Å². The van der Waals surface area contributed by atoms with Crippen LogP contribution in [0.2, 0.25) is 0 Å². The number of amides is 1. The molecule has 1 saturated heterocycles. The average molecular weight is 156 g/mol. The van der Waals surface area contributed by atoms with Gasteiger partial charge in [0.1, 0.15) is 0 Å². The summed E-state index contributed by atoms with van der Waals surface area (Å²) in [5, 5.41) is 3.03. The second kappa shape index (κ2) is 4.34. The van der Waals surface area contributed by atoms with Crippen molar-refractivity contribution in [3.63, 3.8) is 0 Å². The van der Waals surface area contributed by atoms with E-state index in [2.05, 4.69) is 5.32 Å². The predicted molar refractivity (Wildman–Crippen MR) is 44.4 cm³/mol. The smallest absolute Gasteiger partial charge is 0.236 e. The van der Waals surface area contributed by atoms with Gasteiger partial charge in [0.05, 0.1) is 6.54 Å². The van der Waals surface area contributed by atoms with Crippen LogP contribution in [0.5, 0.6) is 0 Å². The molecule has 0 unspecified atom stereocenters. The molecule has 1 N–H and O–H groups in total. The standard InChI is InChI=1S/C8H16N2O/c1-2-9-7-8(11)10-5-3-4-6-10/h9H,2-7H2,1H3. The molecule has 0 aromatic heterocycles. The number of nitrogens with one attached hydrogen (secondary N) is 1. The first kappa shape index (κ1) is 8.53. The number of rotatable bonds is 3. The van der Waals surface area contributed by atoms with Gasteiger partial charge < -0.3 is 10.2 Å². The van der Waals surface area contributed by atoms with Gasteiger partial charge in [0, 0.05) is 13.1 Å². The Morgan fingerprint density at radius 3 is 2.64 bits per heavy atom. The molecule has 1 rings (SSSR count). The quantitative estimate of drug-likeness (QED) is 0.634. The Bertz CT molecular complexity index is 130. The maximum Gasteiger partial charge on any atom is 0.236 e. The fourth-order valence-corrected chi connectivity index (χ4v) is 1.31. The molecular formula is C8H16N2O. The van der Waals surface area contributed by atoms with Crippen LogP contribution < -0.4 is 5.32 Å². The first-order chi connectivity index (χ1) is 5.34. The number of carbonyl (C=O) groups is 1. The van der Waals surface area contributed by atoms with Crippen molar-refractivity contribution in [2.45, 2.75) is 19.8 Å². The van der Waals surface area contributed by atoms with Crippen LogP contribution in [0.25, 0.3) is 0 Å². The number of hydrogen-bond donors (Lipinski definition) is 1. The lowest BCUT2D eigenvalue weighted by atomic mass is 10.4. The van der Waals surface area contributed by atoms with Crippen LogP contribution >= 0.6 is 0 Å². The number of likely N-dealkylation sites (tertiary alicyclic amines) is 1. The Kier molecular flexibility index (Phi) is 3.36. The summed E-state index contributed by atoms with van der Waals surface area (Å²) in [4.78, 5) is 13.2. The first-order valence-corrected chi connectivity index (χ1v) is 4.33. The monoisotopic (exact) mass is 156 g/mol. The van der Waals surface area contributed by atoms with Gasteiger partial charge in [-0.3, -0.25) is 4.79 Å². The SMILES string of the molecule is CCNCC(=O)N1CCCC1. The topological polar surface area (TPSA) is 32.3 Å². The maximum absolute atomic E-state index is 11.3. The number of carbonyl (C=O) groups excluding carboxylic acids is 1. The van der Waals surface area contributed by atoms with E-state index in [1.165, 1.54) is 12.8 Å². The summed E-state index contributed by atoms with van der Waals surface area (Å²) in [5.41, 5.74) is 0. The molecule has 0 atom stereocenters. The van der Waals surface area contributed by atoms with E-state index in [-0.39, 0.29) is 5.91 Å². The van der Waals surface area contributed by atoms with E-state index in [0.29, 0.717) is 6.54 Å². The number of nitrogens with zero attached hydrogens (tertiary/aromatic N) is 1. The van der Waals surface area contributed by atoms with Crippen molar-refractivity contribution in [2.24, 2.45) is 0 Å². The molecular weight excluding hydrogens is 140 g/mol. The van der Waals surface area contributed by atoms with Crippen molar-refractivity contribution in [3.05, 3.63) is 0 Å². The molecule has 0 saturated carbocycles. The summed E-state index contributed by atoms with van der Waals surface area (Å²) >= 11 is 0. The molecule has 64 valence electrons. The van der Waals surface area contributed by atoms with Crippen molar-refractivity contribution >= 4 is 5.91 Å². The summed E-state index contributed by atoms with van der Waals surface area (Å²) in [7, 11) is 0. The fraction of sp³-hybridized carbons (Fsp3) is 0.875. The summed E-state index contributed by atoms with van der Waals surface area (Å²) in [6.07, 6.45) is 2.36. The molecule has 0 bridgehead atoms. The molecule has 0 spiro atoms. The Labute approximate surface area is 67.8 Å². The van der Waals surface area contributed by atoms with Crippen LogP contribution in [0.1, 0.15) is 19.8 Å². The zero-order valence-corrected chi connectivity index (χ0v) is 7.10. The third-order valence-corrected chi connectivity index (χ3v) is 1.98. The molecule has 0 radical (unpaired) electrons. The van der Waals surface area contributed by atoms with Crippen LogP contribution in [0.3, 0.4) is 0 Å². The van der Waals surface area contributed by atoms with Crippen molar-refractivity contribution in [1.82, 2.24) is 10.2 Å². The molecule has 0 aliphatic carbocycles. The summed E-state index contributed by atoms with van der Waals surface area (Å²) in [6.45, 7) is 5.32. The van der Waals surface area contributed by atoms with Crippen molar-refractivity contribution in [3.8, 4) is 0 Å². The largest absolute Gasteiger partial charge is 0.342 e. The Balaban J connectivity index is 2.17. The average Bonchev–Trinajstić information content (AvgIpc) is 2.52. The molecule has 3 heteroatoms. The van der Waals surface area contributed by atoms with Gasteiger partial charge in [-0.15, -0.1) is 0 Å². The van der Waals surface area contributed by atoms with E-state index >= 15 is 0 Å². The number of likely N-dealkylation sites (N-methyl/N-ethyl adjacent to an activating group) is 1. The molecule has 1 fully saturated rings. The molecule has 0 aromatic rings. The second-order valence-corrected chi connectivity index (χ2v) is 2.87. The summed E-state index contributed by atoms with van der Waals surface area (Å²) in [5.74, 6) is 0.254. The highest BCUT2D eigenvalue weighted by Crippen LogP contribution is 2.06. The van der Waals surface area contributed by atoms with Gasteiger partial charge in [0.25, 0.3) is 0 Å². The van der Waals surface area contributed by atoms with Crippen molar-refractivity contribution in [1.29, 1.82) is 0 Å². The van der Waals surface area contributed by atoms with E-state index in [1.807, 2.05) is 11.8 Å². The van der Waals surface area contributed by atoms with E-state index in [4.69, 9.17) is 0 Å². The van der Waals surface area contributed by atoms with Gasteiger partial charge in [0.15, 0.2) is 0 Å². The van der Waals surface area contributed by atoms with Crippen LogP contribution in [-0.2, 0) is 4.79 Å². The summed E-state index contributed by atoms with van der Waals surface area (Å²) < 4.78 is 0. The van der Waals surface area contributed by atoms with E-state index in [9.17, 15) is 4.79 Å². The van der Waals surface area contributed by atoms with Gasteiger partial charge in [-0.2, -0.15) is 0 Å². The molecule has 1 aliphatic rings. The molecule has 1 amide bonds. The van der Waals surface area contributed by atoms with E-state index in [0.717, 1.165) is 19.6 Å². The van der Waals surface area contributed by atoms with Crippen LogP contribution in [0, 0.1) is 0 Å². The van der Waals surface area contributed by atoms with Crippen LogP contribution in [-0.4, -0.2) is 37.0 Å². The van der Waals surface area contributed by atoms with E-state index in [1.54, 1.807) is 0 Å². The predicted octanol–water partition coefficient (Wildman–Crippen LogP) is 0.218. The Hall–Kier alpha value is -0.570. The molecule has 11 heavy (non-hydrogen) atoms. The van der Waals surface area contributed by atoms with Gasteiger partial charge in [-0.05, 0) is 19.4 Å². The fourth-order valence-electron chi connectivity index (χ4n) is 1.31. The zero-order valence-electron chi connectivity index (χ0n) is 7.10. The molecule has 1 heterocycles. The molecule has 3 nitrogen and oxygen atoms in total. The normalized spacial score (nSPS) is 17.4. The van der Waals surface area contributed by atoms with Crippen LogP contribution in [0.15, 0.2) is 0 Å². The minimum atomic E-state index is 0.254. The lowest BCUT2D eigenvalue weighted by molar-refractivity contribution is -0.129. The maximum atomic E-state index is 11.3. The van der Waals surface area contributed by atoms with Crippen molar-refractivity contribution < 1.29 is 4.79 Å².